The lowest BCUT2D eigenvalue weighted by Gasteiger charge is -2.19. The number of rotatable bonds is 6. The van der Waals surface area contributed by atoms with E-state index in [1.54, 1.807) is 11.8 Å². The fraction of sp³-hybridized carbons (Fsp3) is 0.300. The van der Waals surface area contributed by atoms with Gasteiger partial charge in [-0.3, -0.25) is 4.79 Å². The Hall–Kier alpha value is -1.76. The van der Waals surface area contributed by atoms with Gasteiger partial charge in [0.2, 0.25) is 5.91 Å². The SMILES string of the molecule is Cc1cc(NC(=S)NCCSc2ccc(Cl)cc2)ccc1N1CCCC1=O. The van der Waals surface area contributed by atoms with Gasteiger partial charge < -0.3 is 15.5 Å². The molecule has 0 unspecified atom stereocenters. The molecule has 4 nitrogen and oxygen atoms in total. The summed E-state index contributed by atoms with van der Waals surface area (Å²) in [6, 6.07) is 13.8. The van der Waals surface area contributed by atoms with Gasteiger partial charge in [0.05, 0.1) is 0 Å². The van der Waals surface area contributed by atoms with E-state index in [0.717, 1.165) is 47.2 Å². The smallest absolute Gasteiger partial charge is 0.227 e. The zero-order valence-corrected chi connectivity index (χ0v) is 17.5. The minimum atomic E-state index is 0.203. The van der Waals surface area contributed by atoms with Gasteiger partial charge in [-0.25, -0.2) is 0 Å². The largest absolute Gasteiger partial charge is 0.362 e. The molecule has 0 radical (unpaired) electrons. The molecule has 1 heterocycles. The first-order chi connectivity index (χ1) is 13.0. The summed E-state index contributed by atoms with van der Waals surface area (Å²) < 4.78 is 0. The quantitative estimate of drug-likeness (QED) is 0.398. The number of thioether (sulfide) groups is 1. The average molecular weight is 420 g/mol. The molecule has 1 amide bonds. The maximum atomic E-state index is 11.9. The van der Waals surface area contributed by atoms with Crippen LogP contribution in [0.4, 0.5) is 11.4 Å². The number of amides is 1. The second kappa shape index (κ2) is 9.44. The van der Waals surface area contributed by atoms with Crippen molar-refractivity contribution in [3.8, 4) is 0 Å². The van der Waals surface area contributed by atoms with Gasteiger partial charge in [0.25, 0.3) is 0 Å². The van der Waals surface area contributed by atoms with Crippen molar-refractivity contribution in [2.75, 3.05) is 29.1 Å². The van der Waals surface area contributed by atoms with Crippen LogP contribution in [0.3, 0.4) is 0 Å². The Morgan fingerprint density at radius 1 is 1.26 bits per heavy atom. The Labute approximate surface area is 174 Å². The fourth-order valence-corrected chi connectivity index (χ4v) is 4.09. The van der Waals surface area contributed by atoms with E-state index in [-0.39, 0.29) is 5.91 Å². The van der Waals surface area contributed by atoms with Crippen LogP contribution in [-0.4, -0.2) is 29.9 Å². The van der Waals surface area contributed by atoms with E-state index >= 15 is 0 Å². The molecule has 142 valence electrons. The zero-order chi connectivity index (χ0) is 19.2. The number of halogens is 1. The number of carbonyl (C=O) groups is 1. The van der Waals surface area contributed by atoms with E-state index in [4.69, 9.17) is 23.8 Å². The first kappa shape index (κ1) is 20.0. The molecule has 3 rings (SSSR count). The highest BCUT2D eigenvalue weighted by Crippen LogP contribution is 2.27. The lowest BCUT2D eigenvalue weighted by molar-refractivity contribution is -0.117. The summed E-state index contributed by atoms with van der Waals surface area (Å²) in [6.45, 7) is 3.58. The summed E-state index contributed by atoms with van der Waals surface area (Å²) in [7, 11) is 0. The molecule has 0 saturated carbocycles. The topological polar surface area (TPSA) is 44.4 Å². The first-order valence-corrected chi connectivity index (χ1v) is 10.6. The van der Waals surface area contributed by atoms with Crippen LogP contribution in [-0.2, 0) is 4.79 Å². The highest BCUT2D eigenvalue weighted by atomic mass is 35.5. The number of hydrogen-bond acceptors (Lipinski definition) is 3. The van der Waals surface area contributed by atoms with E-state index in [0.29, 0.717) is 11.5 Å². The maximum absolute atomic E-state index is 11.9. The van der Waals surface area contributed by atoms with E-state index in [1.807, 2.05) is 54.3 Å². The van der Waals surface area contributed by atoms with Gasteiger partial charge in [-0.2, -0.15) is 0 Å². The van der Waals surface area contributed by atoms with Crippen LogP contribution in [0, 0.1) is 6.92 Å². The third kappa shape index (κ3) is 5.61. The number of nitrogens with one attached hydrogen (secondary N) is 2. The third-order valence-electron chi connectivity index (χ3n) is 4.29. The molecule has 0 atom stereocenters. The van der Waals surface area contributed by atoms with E-state index < -0.39 is 0 Å². The molecule has 2 aromatic rings. The van der Waals surface area contributed by atoms with Crippen molar-refractivity contribution >= 4 is 58.0 Å². The summed E-state index contributed by atoms with van der Waals surface area (Å²) in [5.74, 6) is 1.10. The van der Waals surface area contributed by atoms with Gasteiger partial charge >= 0.3 is 0 Å². The molecule has 1 aliphatic rings. The van der Waals surface area contributed by atoms with Gasteiger partial charge in [-0.05, 0) is 73.6 Å². The molecular weight excluding hydrogens is 398 g/mol. The molecule has 0 aliphatic carbocycles. The normalized spacial score (nSPS) is 13.7. The first-order valence-electron chi connectivity index (χ1n) is 8.87. The molecular formula is C20H22ClN3OS2. The van der Waals surface area contributed by atoms with E-state index in [2.05, 4.69) is 10.6 Å². The van der Waals surface area contributed by atoms with Crippen molar-refractivity contribution in [1.29, 1.82) is 0 Å². The molecule has 0 aromatic heterocycles. The second-order valence-electron chi connectivity index (χ2n) is 6.33. The van der Waals surface area contributed by atoms with E-state index in [1.165, 1.54) is 4.90 Å². The summed E-state index contributed by atoms with van der Waals surface area (Å²) in [5, 5.41) is 7.77. The van der Waals surface area contributed by atoms with Crippen LogP contribution >= 0.6 is 35.6 Å². The lowest BCUT2D eigenvalue weighted by atomic mass is 10.1. The molecule has 1 saturated heterocycles. The zero-order valence-electron chi connectivity index (χ0n) is 15.1. The predicted octanol–water partition coefficient (Wildman–Crippen LogP) is 4.85. The molecule has 7 heteroatoms. The van der Waals surface area contributed by atoms with Gasteiger partial charge in [0, 0.05) is 46.6 Å². The Morgan fingerprint density at radius 2 is 2.04 bits per heavy atom. The van der Waals surface area contributed by atoms with Crippen molar-refractivity contribution in [2.24, 2.45) is 0 Å². The molecule has 0 spiro atoms. The molecule has 2 N–H and O–H groups in total. The van der Waals surface area contributed by atoms with Crippen LogP contribution in [0.2, 0.25) is 5.02 Å². The highest BCUT2D eigenvalue weighted by Gasteiger charge is 2.22. The van der Waals surface area contributed by atoms with Crippen molar-refractivity contribution in [1.82, 2.24) is 5.32 Å². The van der Waals surface area contributed by atoms with Crippen molar-refractivity contribution in [3.63, 3.8) is 0 Å². The third-order valence-corrected chi connectivity index (χ3v) is 5.80. The summed E-state index contributed by atoms with van der Waals surface area (Å²) >= 11 is 13.0. The second-order valence-corrected chi connectivity index (χ2v) is 8.35. The minimum absolute atomic E-state index is 0.203. The number of hydrogen-bond donors (Lipinski definition) is 2. The number of nitrogens with zero attached hydrogens (tertiary/aromatic N) is 1. The van der Waals surface area contributed by atoms with Crippen molar-refractivity contribution in [3.05, 3.63) is 53.1 Å². The Kier molecular flexibility index (Phi) is 6.99. The number of carbonyl (C=O) groups excluding carboxylic acids is 1. The monoisotopic (exact) mass is 419 g/mol. The summed E-state index contributed by atoms with van der Waals surface area (Å²) in [5.41, 5.74) is 2.98. The molecule has 27 heavy (non-hydrogen) atoms. The molecule has 0 bridgehead atoms. The van der Waals surface area contributed by atoms with Crippen molar-refractivity contribution in [2.45, 2.75) is 24.7 Å². The van der Waals surface area contributed by atoms with Gasteiger partial charge in [0.1, 0.15) is 0 Å². The van der Waals surface area contributed by atoms with Gasteiger partial charge in [0.15, 0.2) is 5.11 Å². The van der Waals surface area contributed by atoms with Crippen molar-refractivity contribution < 1.29 is 4.79 Å². The van der Waals surface area contributed by atoms with Crippen LogP contribution < -0.4 is 15.5 Å². The maximum Gasteiger partial charge on any atom is 0.227 e. The molecule has 1 fully saturated rings. The number of aryl methyl sites for hydroxylation is 1. The van der Waals surface area contributed by atoms with E-state index in [9.17, 15) is 4.79 Å². The summed E-state index contributed by atoms with van der Waals surface area (Å²) in [4.78, 5) is 15.0. The predicted molar refractivity (Wildman–Crippen MR) is 119 cm³/mol. The fourth-order valence-electron chi connectivity index (χ4n) is 2.98. The lowest BCUT2D eigenvalue weighted by Crippen LogP contribution is -2.30. The standard InChI is InChI=1S/C20H22ClN3OS2/c1-14-13-16(6-9-18(14)24-11-2-3-19(24)25)23-20(26)22-10-12-27-17-7-4-15(21)5-8-17/h4-9,13H,2-3,10-12H2,1H3,(H2,22,23,26). The van der Waals surface area contributed by atoms with Crippen LogP contribution in [0.5, 0.6) is 0 Å². The van der Waals surface area contributed by atoms with Gasteiger partial charge in [-0.1, -0.05) is 11.6 Å². The number of benzene rings is 2. The highest BCUT2D eigenvalue weighted by molar-refractivity contribution is 7.99. The Balaban J connectivity index is 1.45. The number of anilines is 2. The van der Waals surface area contributed by atoms with Crippen LogP contribution in [0.1, 0.15) is 18.4 Å². The average Bonchev–Trinajstić information content (AvgIpc) is 3.06. The molecule has 2 aromatic carbocycles. The van der Waals surface area contributed by atoms with Crippen LogP contribution in [0.25, 0.3) is 0 Å². The Morgan fingerprint density at radius 3 is 2.70 bits per heavy atom. The number of thiocarbonyl (C=S) groups is 1. The van der Waals surface area contributed by atoms with Crippen LogP contribution in [0.15, 0.2) is 47.4 Å². The molecule has 1 aliphatic heterocycles. The van der Waals surface area contributed by atoms with Gasteiger partial charge in [-0.15, -0.1) is 11.8 Å². The Bertz CT molecular complexity index is 826. The minimum Gasteiger partial charge on any atom is -0.362 e. The summed E-state index contributed by atoms with van der Waals surface area (Å²) in [6.07, 6.45) is 1.57.